The third-order valence-corrected chi connectivity index (χ3v) is 3.62. The normalized spacial score (nSPS) is 11.3. The van der Waals surface area contributed by atoms with Gasteiger partial charge in [0, 0.05) is 30.0 Å². The van der Waals surface area contributed by atoms with Crippen LogP contribution < -0.4 is 5.32 Å². The molecule has 4 rings (SSSR count). The van der Waals surface area contributed by atoms with Gasteiger partial charge in [-0.25, -0.2) is 9.97 Å². The van der Waals surface area contributed by atoms with Gasteiger partial charge >= 0.3 is 0 Å². The largest absolute Gasteiger partial charge is 0.381 e. The lowest BCUT2D eigenvalue weighted by Gasteiger charge is -2.05. The Bertz CT molecular complexity index is 919. The number of aryl methyl sites for hydroxylation is 1. The Morgan fingerprint density at radius 2 is 2.19 bits per heavy atom. The lowest BCUT2D eigenvalue weighted by Crippen LogP contribution is -1.98. The Morgan fingerprint density at radius 1 is 1.24 bits per heavy atom. The first-order chi connectivity index (χ1) is 10.3. The number of hydrogen-bond acceptors (Lipinski definition) is 3. The van der Waals surface area contributed by atoms with Crippen LogP contribution in [0.1, 0.15) is 11.4 Å². The molecule has 3 N–H and O–H groups in total. The molecule has 0 aliphatic heterocycles. The summed E-state index contributed by atoms with van der Waals surface area (Å²) in [5.41, 5.74) is 5.25. The smallest absolute Gasteiger partial charge is 0.137 e. The van der Waals surface area contributed by atoms with Crippen LogP contribution in [-0.4, -0.2) is 19.9 Å². The van der Waals surface area contributed by atoms with Gasteiger partial charge in [-0.3, -0.25) is 0 Å². The highest BCUT2D eigenvalue weighted by molar-refractivity contribution is 5.81. The summed E-state index contributed by atoms with van der Waals surface area (Å²) in [5.74, 6) is 0.935. The maximum atomic E-state index is 4.41. The summed E-state index contributed by atoms with van der Waals surface area (Å²) >= 11 is 0. The molecule has 0 spiro atoms. The molecule has 0 radical (unpaired) electrons. The maximum absolute atomic E-state index is 4.41. The Balaban J connectivity index is 1.60. The highest BCUT2D eigenvalue weighted by Crippen LogP contribution is 2.20. The topological polar surface area (TPSA) is 69.4 Å². The second-order valence-electron chi connectivity index (χ2n) is 5.12. The van der Waals surface area contributed by atoms with Gasteiger partial charge in [0.1, 0.15) is 11.5 Å². The van der Waals surface area contributed by atoms with E-state index in [1.165, 1.54) is 5.56 Å². The first-order valence-electron chi connectivity index (χ1n) is 6.91. The molecule has 21 heavy (non-hydrogen) atoms. The summed E-state index contributed by atoms with van der Waals surface area (Å²) in [4.78, 5) is 15.2. The van der Waals surface area contributed by atoms with Crippen molar-refractivity contribution in [3.05, 3.63) is 54.1 Å². The Kier molecular flexibility index (Phi) is 2.64. The van der Waals surface area contributed by atoms with E-state index < -0.39 is 0 Å². The molecular weight excluding hydrogens is 262 g/mol. The van der Waals surface area contributed by atoms with Crippen molar-refractivity contribution in [2.45, 2.75) is 13.5 Å². The minimum Gasteiger partial charge on any atom is -0.381 e. The summed E-state index contributed by atoms with van der Waals surface area (Å²) in [6.45, 7) is 2.72. The summed E-state index contributed by atoms with van der Waals surface area (Å²) in [6.07, 6.45) is 3.80. The van der Waals surface area contributed by atoms with E-state index in [-0.39, 0.29) is 0 Å². The molecule has 3 aromatic heterocycles. The standard InChI is InChI=1S/C16H15N5/c1-10-20-14-5-4-12(7-15(14)21-10)18-8-11-9-19-16-13(11)3-2-6-17-16/h2-7,9,18H,8H2,1H3,(H,17,19)(H,20,21). The first-order valence-corrected chi connectivity index (χ1v) is 6.91. The second kappa shape index (κ2) is 4.63. The zero-order valence-electron chi connectivity index (χ0n) is 11.6. The van der Waals surface area contributed by atoms with E-state index in [4.69, 9.17) is 0 Å². The molecule has 0 saturated heterocycles. The molecule has 5 heteroatoms. The average Bonchev–Trinajstić information content (AvgIpc) is 3.07. The molecule has 3 heterocycles. The second-order valence-corrected chi connectivity index (χ2v) is 5.12. The van der Waals surface area contributed by atoms with E-state index in [2.05, 4.69) is 43.5 Å². The Hall–Kier alpha value is -2.82. The van der Waals surface area contributed by atoms with Crippen LogP contribution in [-0.2, 0) is 6.54 Å². The van der Waals surface area contributed by atoms with E-state index in [9.17, 15) is 0 Å². The Morgan fingerprint density at radius 3 is 3.14 bits per heavy atom. The molecule has 0 amide bonds. The van der Waals surface area contributed by atoms with Crippen molar-refractivity contribution in [3.63, 3.8) is 0 Å². The van der Waals surface area contributed by atoms with Gasteiger partial charge in [0.05, 0.1) is 11.0 Å². The summed E-state index contributed by atoms with van der Waals surface area (Å²) in [6, 6.07) is 10.2. The van der Waals surface area contributed by atoms with Crippen molar-refractivity contribution in [1.82, 2.24) is 19.9 Å². The lowest BCUT2D eigenvalue weighted by molar-refractivity contribution is 1.16. The SMILES string of the molecule is Cc1nc2ccc(NCc3c[nH]c4ncccc34)cc2[nH]1. The van der Waals surface area contributed by atoms with Gasteiger partial charge in [0.15, 0.2) is 0 Å². The highest BCUT2D eigenvalue weighted by atomic mass is 14.9. The lowest BCUT2D eigenvalue weighted by atomic mass is 10.2. The van der Waals surface area contributed by atoms with E-state index >= 15 is 0 Å². The molecule has 4 aromatic rings. The molecule has 0 aliphatic carbocycles. The number of nitrogens with zero attached hydrogens (tertiary/aromatic N) is 2. The average molecular weight is 277 g/mol. The number of hydrogen-bond donors (Lipinski definition) is 3. The van der Waals surface area contributed by atoms with Crippen LogP contribution in [0.15, 0.2) is 42.7 Å². The van der Waals surface area contributed by atoms with E-state index in [0.29, 0.717) is 0 Å². The number of rotatable bonds is 3. The molecule has 0 fully saturated rings. The van der Waals surface area contributed by atoms with Crippen molar-refractivity contribution in [2.75, 3.05) is 5.32 Å². The number of aromatic amines is 2. The number of aromatic nitrogens is 4. The molecule has 0 saturated carbocycles. The van der Waals surface area contributed by atoms with E-state index in [0.717, 1.165) is 40.1 Å². The summed E-state index contributed by atoms with van der Waals surface area (Å²) in [5, 5.41) is 4.60. The number of fused-ring (bicyclic) bond motifs is 2. The van der Waals surface area contributed by atoms with Crippen LogP contribution in [0.25, 0.3) is 22.1 Å². The van der Waals surface area contributed by atoms with Crippen LogP contribution in [0.2, 0.25) is 0 Å². The fourth-order valence-corrected chi connectivity index (χ4v) is 2.60. The minimum absolute atomic E-state index is 0.754. The van der Waals surface area contributed by atoms with Crippen molar-refractivity contribution >= 4 is 27.8 Å². The molecule has 104 valence electrons. The fraction of sp³-hybridized carbons (Fsp3) is 0.125. The van der Waals surface area contributed by atoms with Crippen molar-refractivity contribution in [3.8, 4) is 0 Å². The summed E-state index contributed by atoms with van der Waals surface area (Å²) < 4.78 is 0. The fourth-order valence-electron chi connectivity index (χ4n) is 2.60. The Labute approximate surface area is 121 Å². The van der Waals surface area contributed by atoms with Gasteiger partial charge in [-0.05, 0) is 42.8 Å². The van der Waals surface area contributed by atoms with Crippen molar-refractivity contribution < 1.29 is 0 Å². The van der Waals surface area contributed by atoms with Gasteiger partial charge in [-0.2, -0.15) is 0 Å². The quantitative estimate of drug-likeness (QED) is 0.538. The van der Waals surface area contributed by atoms with Gasteiger partial charge in [0.2, 0.25) is 0 Å². The monoisotopic (exact) mass is 277 g/mol. The van der Waals surface area contributed by atoms with Gasteiger partial charge < -0.3 is 15.3 Å². The van der Waals surface area contributed by atoms with Gasteiger partial charge in [-0.1, -0.05) is 0 Å². The number of pyridine rings is 1. The molecule has 0 unspecified atom stereocenters. The molecule has 1 aromatic carbocycles. The number of imidazole rings is 1. The third-order valence-electron chi connectivity index (χ3n) is 3.62. The number of benzene rings is 1. The number of H-pyrrole nitrogens is 2. The van der Waals surface area contributed by atoms with Crippen LogP contribution in [0.5, 0.6) is 0 Å². The predicted molar refractivity (Wildman–Crippen MR) is 84.3 cm³/mol. The zero-order chi connectivity index (χ0) is 14.2. The van der Waals surface area contributed by atoms with Crippen LogP contribution >= 0.6 is 0 Å². The number of anilines is 1. The molecule has 0 atom stereocenters. The minimum atomic E-state index is 0.754. The van der Waals surface area contributed by atoms with Gasteiger partial charge in [0.25, 0.3) is 0 Å². The van der Waals surface area contributed by atoms with E-state index in [1.54, 1.807) is 6.20 Å². The maximum Gasteiger partial charge on any atom is 0.137 e. The number of nitrogens with one attached hydrogen (secondary N) is 3. The van der Waals surface area contributed by atoms with Crippen LogP contribution in [0, 0.1) is 6.92 Å². The molecule has 0 aliphatic rings. The third kappa shape index (κ3) is 2.12. The molecule has 0 bridgehead atoms. The predicted octanol–water partition coefficient (Wildman–Crippen LogP) is 3.36. The van der Waals surface area contributed by atoms with E-state index in [1.807, 2.05) is 25.3 Å². The molecule has 5 nitrogen and oxygen atoms in total. The summed E-state index contributed by atoms with van der Waals surface area (Å²) in [7, 11) is 0. The van der Waals surface area contributed by atoms with Crippen LogP contribution in [0.4, 0.5) is 5.69 Å². The van der Waals surface area contributed by atoms with Crippen LogP contribution in [0.3, 0.4) is 0 Å². The van der Waals surface area contributed by atoms with Crippen molar-refractivity contribution in [2.24, 2.45) is 0 Å². The van der Waals surface area contributed by atoms with Gasteiger partial charge in [-0.15, -0.1) is 0 Å². The van der Waals surface area contributed by atoms with Crippen molar-refractivity contribution in [1.29, 1.82) is 0 Å². The zero-order valence-corrected chi connectivity index (χ0v) is 11.6. The first kappa shape index (κ1) is 12.0. The molecular formula is C16H15N5. The highest BCUT2D eigenvalue weighted by Gasteiger charge is 2.04.